The fraction of sp³-hybridized carbons (Fsp3) is 0.364. The number of rotatable bonds is 1. The molecule has 1 aliphatic heterocycles. The highest BCUT2D eigenvalue weighted by molar-refractivity contribution is 5.99. The van der Waals surface area contributed by atoms with E-state index in [1.165, 1.54) is 0 Å². The number of aliphatic hydroxyl groups is 1. The fourth-order valence-electron chi connectivity index (χ4n) is 1.57. The minimum absolute atomic E-state index is 0.0396. The van der Waals surface area contributed by atoms with Crippen LogP contribution in [0.1, 0.15) is 23.7 Å². The lowest BCUT2D eigenvalue weighted by Gasteiger charge is -2.26. The van der Waals surface area contributed by atoms with Gasteiger partial charge in [-0.05, 0) is 19.1 Å². The maximum Gasteiger partial charge on any atom is 0.170 e. The van der Waals surface area contributed by atoms with E-state index in [9.17, 15) is 9.90 Å². The van der Waals surface area contributed by atoms with Gasteiger partial charge in [0.05, 0.1) is 18.1 Å². The average molecular weight is 192 g/mol. The molecule has 1 N–H and O–H groups in total. The van der Waals surface area contributed by atoms with E-state index in [-0.39, 0.29) is 12.2 Å². The molecule has 3 heteroatoms. The monoisotopic (exact) mass is 192 g/mol. The molecule has 2 rings (SSSR count). The summed E-state index contributed by atoms with van der Waals surface area (Å²) in [6, 6.07) is 7.12. The Kier molecular flexibility index (Phi) is 2.25. The molecule has 1 aromatic carbocycles. The average Bonchev–Trinajstić information content (AvgIpc) is 2.17. The summed E-state index contributed by atoms with van der Waals surface area (Å²) in [5.74, 6) is 0.618. The minimum Gasteiger partial charge on any atom is -0.487 e. The third-order valence-corrected chi connectivity index (χ3v) is 2.39. The maximum atomic E-state index is 11.6. The van der Waals surface area contributed by atoms with Crippen LogP contribution in [0.2, 0.25) is 0 Å². The first-order valence-corrected chi connectivity index (χ1v) is 4.65. The Balaban J connectivity index is 2.33. The second kappa shape index (κ2) is 3.42. The first kappa shape index (κ1) is 9.21. The number of ether oxygens (including phenoxy) is 1. The van der Waals surface area contributed by atoms with Crippen molar-refractivity contribution < 1.29 is 14.6 Å². The van der Waals surface area contributed by atoms with Gasteiger partial charge in [0.25, 0.3) is 0 Å². The maximum absolute atomic E-state index is 11.6. The van der Waals surface area contributed by atoms with Crippen LogP contribution in [0.15, 0.2) is 24.3 Å². The smallest absolute Gasteiger partial charge is 0.170 e. The van der Waals surface area contributed by atoms with Crippen molar-refractivity contribution in [2.45, 2.75) is 25.6 Å². The molecule has 0 spiro atoms. The van der Waals surface area contributed by atoms with Crippen molar-refractivity contribution in [3.05, 3.63) is 29.8 Å². The zero-order valence-electron chi connectivity index (χ0n) is 7.93. The van der Waals surface area contributed by atoms with Gasteiger partial charge in [-0.2, -0.15) is 0 Å². The summed E-state index contributed by atoms with van der Waals surface area (Å²) in [4.78, 5) is 11.6. The van der Waals surface area contributed by atoms with Crippen LogP contribution in [-0.2, 0) is 0 Å². The molecule has 1 aliphatic rings. The van der Waals surface area contributed by atoms with Gasteiger partial charge < -0.3 is 9.84 Å². The normalized spacial score (nSPS) is 22.4. The van der Waals surface area contributed by atoms with E-state index >= 15 is 0 Å². The predicted molar refractivity (Wildman–Crippen MR) is 51.5 cm³/mol. The highest BCUT2D eigenvalue weighted by Crippen LogP contribution is 2.28. The number of hydrogen-bond donors (Lipinski definition) is 1. The molecule has 0 aliphatic carbocycles. The molecule has 0 amide bonds. The van der Waals surface area contributed by atoms with Crippen LogP contribution in [0.25, 0.3) is 0 Å². The van der Waals surface area contributed by atoms with Gasteiger partial charge in [0.15, 0.2) is 5.78 Å². The largest absolute Gasteiger partial charge is 0.487 e. The molecule has 1 heterocycles. The van der Waals surface area contributed by atoms with Gasteiger partial charge in [-0.1, -0.05) is 12.1 Å². The Bertz CT molecular complexity index is 357. The van der Waals surface area contributed by atoms with Crippen molar-refractivity contribution >= 4 is 5.78 Å². The summed E-state index contributed by atoms with van der Waals surface area (Å²) >= 11 is 0. The predicted octanol–water partition coefficient (Wildman–Crippen LogP) is 1.40. The van der Waals surface area contributed by atoms with Crippen molar-refractivity contribution in [2.24, 2.45) is 0 Å². The second-order valence-electron chi connectivity index (χ2n) is 3.52. The van der Waals surface area contributed by atoms with Crippen LogP contribution >= 0.6 is 0 Å². The molecule has 0 fully saturated rings. The van der Waals surface area contributed by atoms with E-state index in [1.54, 1.807) is 19.1 Å². The third kappa shape index (κ3) is 1.51. The zero-order valence-corrected chi connectivity index (χ0v) is 7.93. The quantitative estimate of drug-likeness (QED) is 0.731. The first-order valence-electron chi connectivity index (χ1n) is 4.65. The fourth-order valence-corrected chi connectivity index (χ4v) is 1.57. The summed E-state index contributed by atoms with van der Waals surface area (Å²) in [7, 11) is 0. The van der Waals surface area contributed by atoms with Gasteiger partial charge in [0.2, 0.25) is 0 Å². The molecule has 14 heavy (non-hydrogen) atoms. The lowest BCUT2D eigenvalue weighted by Crippen LogP contribution is -2.35. The van der Waals surface area contributed by atoms with Gasteiger partial charge in [-0.15, -0.1) is 0 Å². The van der Waals surface area contributed by atoms with Crippen LogP contribution in [0.4, 0.5) is 0 Å². The Labute approximate surface area is 82.3 Å². The number of fused-ring (bicyclic) bond motifs is 1. The highest BCUT2D eigenvalue weighted by Gasteiger charge is 2.28. The molecule has 74 valence electrons. The molecule has 0 unspecified atom stereocenters. The second-order valence-corrected chi connectivity index (χ2v) is 3.52. The first-order chi connectivity index (χ1) is 6.68. The molecular formula is C11H12O3. The van der Waals surface area contributed by atoms with E-state index < -0.39 is 12.2 Å². The van der Waals surface area contributed by atoms with E-state index in [1.807, 2.05) is 12.1 Å². The number of carbonyl (C=O) groups excluding carboxylic acids is 1. The summed E-state index contributed by atoms with van der Waals surface area (Å²) in [5.41, 5.74) is 0.615. The van der Waals surface area contributed by atoms with Crippen LogP contribution in [0.5, 0.6) is 5.75 Å². The summed E-state index contributed by atoms with van der Waals surface area (Å²) in [6.07, 6.45) is -0.765. The zero-order chi connectivity index (χ0) is 10.1. The van der Waals surface area contributed by atoms with Crippen molar-refractivity contribution in [3.63, 3.8) is 0 Å². The third-order valence-electron chi connectivity index (χ3n) is 2.39. The molecule has 3 nitrogen and oxygen atoms in total. The Hall–Kier alpha value is -1.35. The summed E-state index contributed by atoms with van der Waals surface area (Å²) in [5, 5.41) is 9.34. The Morgan fingerprint density at radius 1 is 1.50 bits per heavy atom. The molecule has 0 saturated heterocycles. The highest BCUT2D eigenvalue weighted by atomic mass is 16.5. The Morgan fingerprint density at radius 3 is 2.93 bits per heavy atom. The minimum atomic E-state index is -0.618. The van der Waals surface area contributed by atoms with Crippen LogP contribution in [0.3, 0.4) is 0 Å². The molecular weight excluding hydrogens is 180 g/mol. The molecule has 0 bridgehead atoms. The number of ketones is 1. The Morgan fingerprint density at radius 2 is 2.21 bits per heavy atom. The van der Waals surface area contributed by atoms with Crippen molar-refractivity contribution in [1.29, 1.82) is 0 Å². The van der Waals surface area contributed by atoms with Crippen molar-refractivity contribution in [2.75, 3.05) is 0 Å². The van der Waals surface area contributed by atoms with Crippen molar-refractivity contribution in [1.82, 2.24) is 0 Å². The standard InChI is InChI=1S/C11H12O3/c1-7(12)11-6-9(13)8-4-2-3-5-10(8)14-11/h2-5,7,11-12H,6H2,1H3/t7-,11-/m0/s1. The topological polar surface area (TPSA) is 46.5 Å². The summed E-state index contributed by atoms with van der Waals surface area (Å²) in [6.45, 7) is 1.63. The van der Waals surface area contributed by atoms with Gasteiger partial charge in [0, 0.05) is 0 Å². The van der Waals surface area contributed by atoms with Gasteiger partial charge in [-0.3, -0.25) is 4.79 Å². The number of Topliss-reactive ketones (excluding diaryl/α,β-unsaturated/α-hetero) is 1. The molecule has 2 atom stereocenters. The molecule has 0 aromatic heterocycles. The summed E-state index contributed by atoms with van der Waals surface area (Å²) < 4.78 is 5.49. The van der Waals surface area contributed by atoms with Crippen LogP contribution in [0, 0.1) is 0 Å². The van der Waals surface area contributed by atoms with Gasteiger partial charge in [0.1, 0.15) is 11.9 Å². The van der Waals surface area contributed by atoms with E-state index in [0.29, 0.717) is 11.3 Å². The number of para-hydroxylation sites is 1. The van der Waals surface area contributed by atoms with Crippen LogP contribution in [-0.4, -0.2) is 23.1 Å². The van der Waals surface area contributed by atoms with Crippen molar-refractivity contribution in [3.8, 4) is 5.75 Å². The SMILES string of the molecule is C[C@H](O)[C@@H]1CC(=O)c2ccccc2O1. The van der Waals surface area contributed by atoms with E-state index in [0.717, 1.165) is 0 Å². The van der Waals surface area contributed by atoms with Crippen LogP contribution < -0.4 is 4.74 Å². The van der Waals surface area contributed by atoms with E-state index in [4.69, 9.17) is 4.74 Å². The molecule has 0 radical (unpaired) electrons. The lowest BCUT2D eigenvalue weighted by atomic mass is 9.98. The number of aliphatic hydroxyl groups excluding tert-OH is 1. The number of hydrogen-bond acceptors (Lipinski definition) is 3. The number of carbonyl (C=O) groups is 1. The van der Waals surface area contributed by atoms with Gasteiger partial charge in [-0.25, -0.2) is 0 Å². The lowest BCUT2D eigenvalue weighted by molar-refractivity contribution is 0.0335. The molecule has 0 saturated carbocycles. The molecule has 1 aromatic rings. The number of benzene rings is 1. The van der Waals surface area contributed by atoms with E-state index in [2.05, 4.69) is 0 Å². The van der Waals surface area contributed by atoms with Gasteiger partial charge >= 0.3 is 0 Å².